The number of thioether (sulfide) groups is 1. The molecule has 17 heteroatoms. The van der Waals surface area contributed by atoms with E-state index in [-0.39, 0.29) is 48.3 Å². The number of alkyl carbamates (subject to hydrolysis) is 1. The lowest BCUT2D eigenvalue weighted by Gasteiger charge is -2.26. The Morgan fingerprint density at radius 3 is 1.88 bits per heavy atom. The topological polar surface area (TPSA) is 167 Å². The van der Waals surface area contributed by atoms with Gasteiger partial charge in [0.15, 0.2) is 0 Å². The van der Waals surface area contributed by atoms with Crippen molar-refractivity contribution in [3.8, 4) is 28.6 Å². The van der Waals surface area contributed by atoms with Gasteiger partial charge in [-0.1, -0.05) is 36.4 Å². The minimum absolute atomic E-state index is 0.0138. The van der Waals surface area contributed by atoms with Gasteiger partial charge in [-0.25, -0.2) is 13.2 Å². The molecule has 1 heterocycles. The van der Waals surface area contributed by atoms with E-state index in [1.807, 2.05) is 69.3 Å². The number of carbonyl (C=O) groups is 1. The predicted octanol–water partition coefficient (Wildman–Crippen LogP) is 6.39. The smallest absolute Gasteiger partial charge is 0.407 e. The first-order valence-electron chi connectivity index (χ1n) is 17.4. The molecule has 4 aromatic carbocycles. The van der Waals surface area contributed by atoms with Crippen LogP contribution < -0.4 is 19.5 Å². The van der Waals surface area contributed by atoms with Gasteiger partial charge in [-0.05, 0) is 114 Å². The van der Waals surface area contributed by atoms with Crippen LogP contribution in [0.5, 0.6) is 17.2 Å². The zero-order valence-corrected chi connectivity index (χ0v) is 35.7. The van der Waals surface area contributed by atoms with E-state index in [1.165, 1.54) is 9.10 Å². The van der Waals surface area contributed by atoms with Crippen LogP contribution in [0.15, 0.2) is 94.7 Å². The van der Waals surface area contributed by atoms with Crippen LogP contribution in [-0.4, -0.2) is 89.5 Å². The van der Waals surface area contributed by atoms with Crippen LogP contribution in [0, 0.1) is 3.57 Å². The van der Waals surface area contributed by atoms with E-state index in [0.29, 0.717) is 25.7 Å². The third-order valence-corrected chi connectivity index (χ3v) is 12.3. The minimum atomic E-state index is -4.37. The first-order chi connectivity index (χ1) is 26.7. The van der Waals surface area contributed by atoms with Crippen molar-refractivity contribution >= 4 is 50.5 Å². The first kappa shape index (κ1) is 42.7. The van der Waals surface area contributed by atoms with Gasteiger partial charge < -0.3 is 29.4 Å². The van der Waals surface area contributed by atoms with Crippen molar-refractivity contribution in [3.63, 3.8) is 0 Å². The Hall–Kier alpha value is -4.43. The van der Waals surface area contributed by atoms with Crippen LogP contribution >= 0.6 is 34.4 Å². The number of aromatic nitrogens is 4. The highest BCUT2D eigenvalue weighted by Crippen LogP contribution is 2.40. The number of nitrogens with one attached hydrogen (secondary N) is 1. The normalized spacial score (nSPS) is 12.3. The summed E-state index contributed by atoms with van der Waals surface area (Å²) in [6, 6.07) is 25.3. The number of aliphatic hydroxyl groups excluding tert-OH is 1. The van der Waals surface area contributed by atoms with Gasteiger partial charge in [0.05, 0.1) is 39.5 Å². The molecule has 14 nitrogen and oxygen atoms in total. The summed E-state index contributed by atoms with van der Waals surface area (Å²) in [5, 5.41) is 26.9. The Morgan fingerprint density at radius 1 is 0.857 bits per heavy atom. The van der Waals surface area contributed by atoms with E-state index in [0.717, 1.165) is 28.5 Å². The summed E-state index contributed by atoms with van der Waals surface area (Å²) in [6.45, 7) is 5.47. The van der Waals surface area contributed by atoms with Gasteiger partial charge in [-0.15, -0.1) is 22.0 Å². The monoisotopic (exact) mass is 916 g/mol. The number of carbonyl (C=O) groups excluding carboxylic acids is 1. The number of hydrogen-bond acceptors (Lipinski definition) is 12. The number of benzene rings is 4. The van der Waals surface area contributed by atoms with E-state index in [2.05, 4.69) is 43.3 Å². The quantitative estimate of drug-likeness (QED) is 0.0781. The van der Waals surface area contributed by atoms with Crippen LogP contribution in [0.4, 0.5) is 4.79 Å². The second kappa shape index (κ2) is 19.1. The van der Waals surface area contributed by atoms with E-state index < -0.39 is 27.8 Å². The van der Waals surface area contributed by atoms with Crippen molar-refractivity contribution in [1.29, 1.82) is 0 Å². The molecule has 1 aromatic heterocycles. The average molecular weight is 917 g/mol. The molecule has 5 aromatic rings. The van der Waals surface area contributed by atoms with Crippen LogP contribution in [0.3, 0.4) is 0 Å². The van der Waals surface area contributed by atoms with Crippen LogP contribution in [0.2, 0.25) is 0 Å². The van der Waals surface area contributed by atoms with Gasteiger partial charge in [0.2, 0.25) is 15.8 Å². The van der Waals surface area contributed by atoms with Gasteiger partial charge in [0.1, 0.15) is 28.8 Å². The maximum absolute atomic E-state index is 15.3. The molecule has 0 radical (unpaired) electrons. The summed E-state index contributed by atoms with van der Waals surface area (Å²) in [7, 11) is 0.354. The Balaban J connectivity index is 1.56. The summed E-state index contributed by atoms with van der Waals surface area (Å²) < 4.78 is 53.8. The molecular formula is C39H45IN6O8S2. The highest BCUT2D eigenvalue weighted by atomic mass is 127. The van der Waals surface area contributed by atoms with Gasteiger partial charge in [0.25, 0.3) is 0 Å². The highest BCUT2D eigenvalue weighted by Gasteiger charge is 2.34. The molecule has 0 aliphatic carbocycles. The zero-order valence-electron chi connectivity index (χ0n) is 31.9. The Labute approximate surface area is 345 Å². The second-order valence-corrected chi connectivity index (χ2v) is 17.7. The van der Waals surface area contributed by atoms with Gasteiger partial charge in [0, 0.05) is 32.8 Å². The Bertz CT molecular complexity index is 2130. The van der Waals surface area contributed by atoms with E-state index in [1.54, 1.807) is 57.7 Å². The standard InChI is InChI=1S/C39H45IN6O8S2/c1-39(2,3)41-38(48)54-24-29(47)25-55-34-20-19-33(40)35(37-42-44-46(43-37)23-28-11-17-32(53-6)18-12-28)36(34)56(49,50)45(21-26-7-13-30(51-4)14-8-26)22-27-9-15-31(52-5)16-10-27/h7-20,29,47H,21-25H2,1-6H3,(H,41,48)/t29-/m0/s1. The zero-order chi connectivity index (χ0) is 40.5. The molecule has 0 spiro atoms. The van der Waals surface area contributed by atoms with Gasteiger partial charge >= 0.3 is 6.09 Å². The SMILES string of the molecule is COc1ccc(CN(Cc2ccc(OC)cc2)S(=O)(=O)c2c(SC[C@@H](O)COC(=O)NC(C)(C)C)ccc(I)c2-c2nnn(Cc3ccc(OC)cc3)n2)cc1. The van der Waals surface area contributed by atoms with Crippen molar-refractivity contribution in [2.75, 3.05) is 33.7 Å². The average Bonchev–Trinajstić information content (AvgIpc) is 3.64. The summed E-state index contributed by atoms with van der Waals surface area (Å²) in [5.41, 5.74) is 2.09. The number of nitrogens with zero attached hydrogens (tertiary/aromatic N) is 5. The molecule has 2 N–H and O–H groups in total. The fourth-order valence-corrected chi connectivity index (χ4v) is 9.30. The molecule has 56 heavy (non-hydrogen) atoms. The Morgan fingerprint density at radius 2 is 1.38 bits per heavy atom. The molecule has 1 amide bonds. The molecule has 1 atom stereocenters. The summed E-state index contributed by atoms with van der Waals surface area (Å²) >= 11 is 3.20. The molecular weight excluding hydrogens is 872 g/mol. The van der Waals surface area contributed by atoms with Crippen molar-refractivity contribution in [2.45, 2.75) is 61.8 Å². The molecule has 0 fully saturated rings. The van der Waals surface area contributed by atoms with E-state index in [4.69, 9.17) is 18.9 Å². The van der Waals surface area contributed by atoms with E-state index >= 15 is 8.42 Å². The third kappa shape index (κ3) is 11.6. The van der Waals surface area contributed by atoms with Crippen LogP contribution in [-0.2, 0) is 34.4 Å². The number of halogens is 1. The molecule has 0 aliphatic rings. The lowest BCUT2D eigenvalue weighted by Crippen LogP contribution is -2.41. The third-order valence-electron chi connectivity index (χ3n) is 8.18. The lowest BCUT2D eigenvalue weighted by molar-refractivity contribution is 0.0764. The fourth-order valence-electron chi connectivity index (χ4n) is 5.39. The molecule has 0 unspecified atom stereocenters. The Kier molecular flexibility index (Phi) is 14.6. The molecule has 5 rings (SSSR count). The molecule has 0 saturated heterocycles. The maximum Gasteiger partial charge on any atom is 0.407 e. The first-order valence-corrected chi connectivity index (χ1v) is 20.9. The number of hydrogen-bond donors (Lipinski definition) is 2. The summed E-state index contributed by atoms with van der Waals surface area (Å²) in [5.74, 6) is 2.11. The summed E-state index contributed by atoms with van der Waals surface area (Å²) in [6.07, 6.45) is -1.78. The minimum Gasteiger partial charge on any atom is -0.497 e. The number of ether oxygens (including phenoxy) is 4. The number of rotatable bonds is 17. The number of aliphatic hydroxyl groups is 1. The number of amides is 1. The van der Waals surface area contributed by atoms with Crippen LogP contribution in [0.1, 0.15) is 37.5 Å². The number of tetrazole rings is 1. The molecule has 0 saturated carbocycles. The lowest BCUT2D eigenvalue weighted by atomic mass is 10.1. The van der Waals surface area contributed by atoms with Gasteiger partial charge in [-0.2, -0.15) is 9.10 Å². The van der Waals surface area contributed by atoms with Crippen molar-refractivity contribution in [1.82, 2.24) is 29.8 Å². The summed E-state index contributed by atoms with van der Waals surface area (Å²) in [4.78, 5) is 14.0. The number of methoxy groups -OCH3 is 3. The largest absolute Gasteiger partial charge is 0.497 e. The molecule has 0 aliphatic heterocycles. The predicted molar refractivity (Wildman–Crippen MR) is 221 cm³/mol. The molecule has 298 valence electrons. The molecule has 0 bridgehead atoms. The van der Waals surface area contributed by atoms with Crippen LogP contribution in [0.25, 0.3) is 11.4 Å². The van der Waals surface area contributed by atoms with Crippen molar-refractivity contribution < 1.29 is 37.3 Å². The maximum atomic E-state index is 15.3. The van der Waals surface area contributed by atoms with E-state index in [9.17, 15) is 9.90 Å². The number of sulfonamides is 1. The van der Waals surface area contributed by atoms with Crippen molar-refractivity contribution in [2.24, 2.45) is 0 Å². The van der Waals surface area contributed by atoms with Gasteiger partial charge in [-0.3, -0.25) is 0 Å². The fraction of sp³-hybridized carbons (Fsp3) is 0.333. The highest BCUT2D eigenvalue weighted by molar-refractivity contribution is 14.1. The second-order valence-electron chi connectivity index (χ2n) is 13.6. The van der Waals surface area contributed by atoms with Crippen molar-refractivity contribution in [3.05, 3.63) is 105 Å².